The molecule has 0 aliphatic rings. The van der Waals surface area contributed by atoms with Gasteiger partial charge in [-0.15, -0.1) is 0 Å². The molecule has 0 spiro atoms. The number of rotatable bonds is 9. The number of aromatic hydroxyl groups is 2. The summed E-state index contributed by atoms with van der Waals surface area (Å²) in [6.45, 7) is 1.56. The summed E-state index contributed by atoms with van der Waals surface area (Å²) in [5, 5.41) is 47.5. The van der Waals surface area contributed by atoms with Crippen LogP contribution in [0.1, 0.15) is 17.5 Å². The second kappa shape index (κ2) is 10.2. The van der Waals surface area contributed by atoms with Gasteiger partial charge in [-0.1, -0.05) is 0 Å². The Kier molecular flexibility index (Phi) is 7.11. The van der Waals surface area contributed by atoms with Gasteiger partial charge in [-0.25, -0.2) is 23.3 Å². The van der Waals surface area contributed by atoms with Gasteiger partial charge in [-0.05, 0) is 55.0 Å². The number of sulfonamides is 1. The van der Waals surface area contributed by atoms with Gasteiger partial charge in [0.2, 0.25) is 15.9 Å². The summed E-state index contributed by atoms with van der Waals surface area (Å²) in [6, 6.07) is 7.91. The highest BCUT2D eigenvalue weighted by atomic mass is 32.2. The van der Waals surface area contributed by atoms with E-state index in [-0.39, 0.29) is 38.9 Å². The van der Waals surface area contributed by atoms with Crippen LogP contribution in [0.2, 0.25) is 0 Å². The molecule has 1 unspecified atom stereocenters. The second-order valence-corrected chi connectivity index (χ2v) is 10.6. The number of carbonyl (C=O) groups excluding carboxylic acids is 1. The molecule has 0 radical (unpaired) electrons. The van der Waals surface area contributed by atoms with Crippen LogP contribution in [0.3, 0.4) is 0 Å². The standard InChI is InChI=1S/C25H25N7O7S/c1-10-6-14(24-31-15-4-2-11(23(27)28)7-16(15)32-24)22(35)20(21(10)30-17(25(36)37)9-19(26)34)13-8-12(40(29,38)39)3-5-18(13)33/h2-8,17,30,33,35H,9H2,1H3,(H2,26,34)(H3,27,28)(H,31,32)(H,36,37)(H2,29,38,39). The summed E-state index contributed by atoms with van der Waals surface area (Å²) in [5.41, 5.74) is 12.2. The lowest BCUT2D eigenvalue weighted by atomic mass is 9.94. The molecule has 4 rings (SSSR count). The summed E-state index contributed by atoms with van der Waals surface area (Å²) >= 11 is 0. The Bertz CT molecular complexity index is 1820. The van der Waals surface area contributed by atoms with E-state index >= 15 is 0 Å². The Labute approximate surface area is 227 Å². The summed E-state index contributed by atoms with van der Waals surface area (Å²) in [4.78, 5) is 30.5. The number of phenols is 2. The number of hydrogen-bond donors (Lipinski definition) is 9. The van der Waals surface area contributed by atoms with E-state index in [9.17, 15) is 33.3 Å². The minimum Gasteiger partial charge on any atom is -0.507 e. The summed E-state index contributed by atoms with van der Waals surface area (Å²) in [7, 11) is -4.24. The van der Waals surface area contributed by atoms with E-state index in [0.29, 0.717) is 22.2 Å². The zero-order chi connectivity index (χ0) is 29.5. The number of phenolic OH excluding ortho intramolecular Hbond substituents is 2. The number of aromatic amines is 1. The molecule has 4 aromatic rings. The molecule has 0 fully saturated rings. The third-order valence-electron chi connectivity index (χ3n) is 6.13. The van der Waals surface area contributed by atoms with Crippen LogP contribution in [0.5, 0.6) is 11.5 Å². The fraction of sp³-hybridized carbons (Fsp3) is 0.120. The van der Waals surface area contributed by atoms with Crippen LogP contribution in [-0.2, 0) is 19.6 Å². The van der Waals surface area contributed by atoms with Gasteiger partial charge < -0.3 is 37.1 Å². The van der Waals surface area contributed by atoms with E-state index in [0.717, 1.165) is 18.2 Å². The predicted octanol–water partition coefficient (Wildman–Crippen LogP) is 1.29. The number of amides is 1. The average Bonchev–Trinajstić information content (AvgIpc) is 3.28. The number of aryl methyl sites for hydroxylation is 1. The number of primary sulfonamides is 1. The number of carboxylic acid groups (broad SMARTS) is 1. The fourth-order valence-electron chi connectivity index (χ4n) is 4.21. The Morgan fingerprint density at radius 1 is 1.10 bits per heavy atom. The number of nitrogens with one attached hydrogen (secondary N) is 3. The molecule has 208 valence electrons. The molecule has 0 saturated heterocycles. The van der Waals surface area contributed by atoms with Gasteiger partial charge in [-0.2, -0.15) is 0 Å². The number of anilines is 1. The van der Waals surface area contributed by atoms with Crippen molar-refractivity contribution in [3.05, 3.63) is 53.6 Å². The first-order valence-corrected chi connectivity index (χ1v) is 13.1. The smallest absolute Gasteiger partial charge is 0.326 e. The van der Waals surface area contributed by atoms with Crippen LogP contribution >= 0.6 is 0 Å². The molecule has 0 aliphatic carbocycles. The van der Waals surface area contributed by atoms with Crippen molar-refractivity contribution in [2.24, 2.45) is 16.6 Å². The van der Waals surface area contributed by atoms with Gasteiger partial charge >= 0.3 is 5.97 Å². The van der Waals surface area contributed by atoms with Gasteiger partial charge in [0.15, 0.2) is 0 Å². The van der Waals surface area contributed by atoms with Crippen molar-refractivity contribution in [2.45, 2.75) is 24.3 Å². The lowest BCUT2D eigenvalue weighted by molar-refractivity contribution is -0.139. The maximum Gasteiger partial charge on any atom is 0.326 e. The molecule has 14 nitrogen and oxygen atoms in total. The monoisotopic (exact) mass is 567 g/mol. The van der Waals surface area contributed by atoms with Crippen molar-refractivity contribution in [2.75, 3.05) is 5.32 Å². The Morgan fingerprint density at radius 3 is 2.40 bits per heavy atom. The maximum absolute atomic E-state index is 12.1. The van der Waals surface area contributed by atoms with Crippen LogP contribution in [-0.4, -0.2) is 57.5 Å². The molecule has 1 atom stereocenters. The minimum absolute atomic E-state index is 0.0215. The van der Waals surface area contributed by atoms with E-state index in [1.807, 2.05) is 0 Å². The number of hydrogen-bond acceptors (Lipinski definition) is 9. The molecule has 0 bridgehead atoms. The van der Waals surface area contributed by atoms with Crippen molar-refractivity contribution >= 4 is 44.5 Å². The van der Waals surface area contributed by atoms with Crippen molar-refractivity contribution in [1.82, 2.24) is 9.97 Å². The van der Waals surface area contributed by atoms with Crippen molar-refractivity contribution < 1.29 is 33.3 Å². The third kappa shape index (κ3) is 5.36. The molecular formula is C25H25N7O7S. The molecule has 3 aromatic carbocycles. The first-order chi connectivity index (χ1) is 18.7. The first kappa shape index (κ1) is 27.9. The third-order valence-corrected chi connectivity index (χ3v) is 7.04. The Hall–Kier alpha value is -5.15. The number of aromatic nitrogens is 2. The van der Waals surface area contributed by atoms with E-state index in [1.54, 1.807) is 25.1 Å². The number of carbonyl (C=O) groups is 2. The highest BCUT2D eigenvalue weighted by Crippen LogP contribution is 2.48. The Balaban J connectivity index is 2.02. The van der Waals surface area contributed by atoms with Crippen LogP contribution in [0.25, 0.3) is 33.5 Å². The lowest BCUT2D eigenvalue weighted by Gasteiger charge is -2.22. The molecule has 15 heteroatoms. The lowest BCUT2D eigenvalue weighted by Crippen LogP contribution is -2.34. The summed E-state index contributed by atoms with van der Waals surface area (Å²) < 4.78 is 24.1. The van der Waals surface area contributed by atoms with E-state index < -0.39 is 45.9 Å². The van der Waals surface area contributed by atoms with Crippen LogP contribution in [0.15, 0.2) is 47.4 Å². The fourth-order valence-corrected chi connectivity index (χ4v) is 4.75. The van der Waals surface area contributed by atoms with Gasteiger partial charge in [0, 0.05) is 16.8 Å². The van der Waals surface area contributed by atoms with Crippen LogP contribution in [0.4, 0.5) is 5.69 Å². The number of carboxylic acids is 1. The topological polar surface area (TPSA) is 272 Å². The number of imidazole rings is 1. The number of nitrogen functional groups attached to an aromatic ring is 1. The summed E-state index contributed by atoms with van der Waals surface area (Å²) in [6.07, 6.45) is -0.609. The predicted molar refractivity (Wildman–Crippen MR) is 146 cm³/mol. The minimum atomic E-state index is -4.24. The van der Waals surface area contributed by atoms with E-state index in [2.05, 4.69) is 15.3 Å². The van der Waals surface area contributed by atoms with Crippen molar-refractivity contribution in [1.29, 1.82) is 5.41 Å². The van der Waals surface area contributed by atoms with Crippen LogP contribution in [0, 0.1) is 12.3 Å². The highest BCUT2D eigenvalue weighted by Gasteiger charge is 2.28. The summed E-state index contributed by atoms with van der Waals surface area (Å²) in [5.74, 6) is -3.30. The number of primary amides is 1. The first-order valence-electron chi connectivity index (χ1n) is 11.5. The number of amidine groups is 1. The molecule has 0 saturated carbocycles. The average molecular weight is 568 g/mol. The SMILES string of the molecule is Cc1cc(-c2nc3ccc(C(=N)N)cc3[nH]2)c(O)c(-c2cc(S(N)(=O)=O)ccc2O)c1NC(CC(N)=O)C(=O)O. The number of benzene rings is 3. The normalized spacial score (nSPS) is 12.2. The van der Waals surface area contributed by atoms with Crippen molar-refractivity contribution in [3.63, 3.8) is 0 Å². The zero-order valence-electron chi connectivity index (χ0n) is 20.9. The quantitative estimate of drug-likeness (QED) is 0.103. The second-order valence-electron chi connectivity index (χ2n) is 9.00. The number of fused-ring (bicyclic) bond motifs is 1. The molecule has 1 heterocycles. The number of nitrogens with two attached hydrogens (primary N) is 3. The molecule has 12 N–H and O–H groups in total. The van der Waals surface area contributed by atoms with E-state index in [4.69, 9.17) is 22.0 Å². The molecule has 1 aromatic heterocycles. The van der Waals surface area contributed by atoms with Gasteiger partial charge in [0.1, 0.15) is 29.2 Å². The molecule has 1 amide bonds. The maximum atomic E-state index is 12.1. The van der Waals surface area contributed by atoms with Crippen molar-refractivity contribution in [3.8, 4) is 34.0 Å². The molecular weight excluding hydrogens is 542 g/mol. The largest absolute Gasteiger partial charge is 0.507 e. The number of nitrogens with zero attached hydrogens (tertiary/aromatic N) is 1. The number of H-pyrrole nitrogens is 1. The van der Waals surface area contributed by atoms with Gasteiger partial charge in [0.25, 0.3) is 0 Å². The van der Waals surface area contributed by atoms with E-state index in [1.165, 1.54) is 6.07 Å². The van der Waals surface area contributed by atoms with Gasteiger partial charge in [-0.3, -0.25) is 10.2 Å². The highest BCUT2D eigenvalue weighted by molar-refractivity contribution is 7.89. The van der Waals surface area contributed by atoms with Crippen LogP contribution < -0.4 is 21.9 Å². The molecule has 0 aliphatic heterocycles. The molecule has 40 heavy (non-hydrogen) atoms. The Morgan fingerprint density at radius 2 is 1.80 bits per heavy atom. The van der Waals surface area contributed by atoms with Gasteiger partial charge in [0.05, 0.1) is 33.5 Å². The number of aliphatic carboxylic acids is 1. The zero-order valence-corrected chi connectivity index (χ0v) is 21.7.